The Balaban J connectivity index is 1.77. The van der Waals surface area contributed by atoms with E-state index < -0.39 is 7.05 Å². The predicted molar refractivity (Wildman–Crippen MR) is 108 cm³/mol. The molecule has 0 radical (unpaired) electrons. The van der Waals surface area contributed by atoms with Crippen LogP contribution in [0.3, 0.4) is 0 Å². The summed E-state index contributed by atoms with van der Waals surface area (Å²) in [6, 6.07) is 3.90. The number of fused-ring (bicyclic) bond motifs is 1. The number of aliphatic imine (C=N–C) groups is 1. The lowest BCUT2D eigenvalue weighted by atomic mass is 9.82. The summed E-state index contributed by atoms with van der Waals surface area (Å²) in [5, 5.41) is 10.2. The minimum absolute atomic E-state index is 0.0612. The van der Waals surface area contributed by atoms with Crippen molar-refractivity contribution in [3.63, 3.8) is 0 Å². The van der Waals surface area contributed by atoms with E-state index in [1.54, 1.807) is 6.82 Å². The lowest BCUT2D eigenvalue weighted by molar-refractivity contribution is 0.0600. The normalized spacial score (nSPS) is 22.6. The summed E-state index contributed by atoms with van der Waals surface area (Å²) in [5.74, 6) is 0.776. The Kier molecular flexibility index (Phi) is 5.71. The molecular weight excluding hydrogens is 357 g/mol. The van der Waals surface area contributed by atoms with Gasteiger partial charge in [-0.05, 0) is 55.9 Å². The molecule has 7 nitrogen and oxygen atoms in total. The highest BCUT2D eigenvalue weighted by atomic mass is 16.5. The van der Waals surface area contributed by atoms with Crippen LogP contribution in [0.1, 0.15) is 46.8 Å². The van der Waals surface area contributed by atoms with Gasteiger partial charge in [-0.25, -0.2) is 9.79 Å². The van der Waals surface area contributed by atoms with E-state index in [9.17, 15) is 9.82 Å². The third kappa shape index (κ3) is 3.68. The second kappa shape index (κ2) is 8.23. The second-order valence-electron chi connectivity index (χ2n) is 7.72. The van der Waals surface area contributed by atoms with Crippen molar-refractivity contribution in [3.8, 4) is 0 Å². The van der Waals surface area contributed by atoms with Crippen LogP contribution < -0.4 is 0 Å². The van der Waals surface area contributed by atoms with Crippen LogP contribution in [0.15, 0.2) is 17.1 Å². The first-order valence-corrected chi connectivity index (χ1v) is 10.2. The summed E-state index contributed by atoms with van der Waals surface area (Å²) in [7, 11) is 0.879. The van der Waals surface area contributed by atoms with Crippen molar-refractivity contribution >= 4 is 24.5 Å². The molecule has 8 heteroatoms. The fraction of sp³-hybridized carbons (Fsp3) is 0.600. The maximum absolute atomic E-state index is 12.3. The fourth-order valence-electron chi connectivity index (χ4n) is 4.59. The third-order valence-corrected chi connectivity index (χ3v) is 6.01. The van der Waals surface area contributed by atoms with Gasteiger partial charge >= 0.3 is 13.0 Å². The SMILES string of the molecule is COC(=O)c1cc2c(c(C3CCCN3B(C)O)c1)N=C(N1CCOCC1)CC2. The van der Waals surface area contributed by atoms with Crippen molar-refractivity contribution in [2.75, 3.05) is 40.0 Å². The molecule has 0 amide bonds. The van der Waals surface area contributed by atoms with Crippen LogP contribution in [0.25, 0.3) is 0 Å². The number of morpholine rings is 1. The summed E-state index contributed by atoms with van der Waals surface area (Å²) < 4.78 is 10.5. The summed E-state index contributed by atoms with van der Waals surface area (Å²) in [4.78, 5) is 21.7. The second-order valence-corrected chi connectivity index (χ2v) is 7.72. The van der Waals surface area contributed by atoms with Gasteiger partial charge < -0.3 is 24.2 Å². The number of hydrogen-bond acceptors (Lipinski definition) is 7. The van der Waals surface area contributed by atoms with E-state index in [0.717, 1.165) is 81.2 Å². The van der Waals surface area contributed by atoms with Gasteiger partial charge in [0.25, 0.3) is 0 Å². The molecule has 0 aliphatic carbocycles. The van der Waals surface area contributed by atoms with Crippen molar-refractivity contribution in [2.45, 2.75) is 38.5 Å². The molecule has 0 bridgehead atoms. The van der Waals surface area contributed by atoms with E-state index in [0.29, 0.717) is 5.56 Å². The molecule has 2 fully saturated rings. The molecule has 1 aromatic rings. The fourth-order valence-corrected chi connectivity index (χ4v) is 4.59. The van der Waals surface area contributed by atoms with E-state index in [1.165, 1.54) is 7.11 Å². The maximum Gasteiger partial charge on any atom is 0.376 e. The van der Waals surface area contributed by atoms with Gasteiger partial charge in [-0.1, -0.05) is 0 Å². The lowest BCUT2D eigenvalue weighted by Crippen LogP contribution is -2.41. The highest BCUT2D eigenvalue weighted by molar-refractivity contribution is 6.45. The number of hydrogen-bond donors (Lipinski definition) is 1. The van der Waals surface area contributed by atoms with Crippen molar-refractivity contribution in [1.29, 1.82) is 0 Å². The van der Waals surface area contributed by atoms with Gasteiger partial charge in [0.2, 0.25) is 0 Å². The Morgan fingerprint density at radius 3 is 2.79 bits per heavy atom. The average Bonchev–Trinajstić information content (AvgIpc) is 3.22. The van der Waals surface area contributed by atoms with E-state index in [-0.39, 0.29) is 12.0 Å². The zero-order chi connectivity index (χ0) is 19.7. The van der Waals surface area contributed by atoms with Gasteiger partial charge in [0.15, 0.2) is 0 Å². The number of esters is 1. The van der Waals surface area contributed by atoms with Gasteiger partial charge in [-0.2, -0.15) is 0 Å². The highest BCUT2D eigenvalue weighted by Crippen LogP contribution is 2.42. The molecule has 1 aromatic carbocycles. The summed E-state index contributed by atoms with van der Waals surface area (Å²) >= 11 is 0. The van der Waals surface area contributed by atoms with Gasteiger partial charge in [-0.15, -0.1) is 0 Å². The molecular formula is C20H28BN3O4. The minimum Gasteiger partial charge on any atom is -0.465 e. The molecule has 1 atom stereocenters. The number of methoxy groups -OCH3 is 1. The molecule has 3 aliphatic heterocycles. The van der Waals surface area contributed by atoms with Gasteiger partial charge in [-0.3, -0.25) is 0 Å². The van der Waals surface area contributed by atoms with Crippen molar-refractivity contribution in [3.05, 3.63) is 28.8 Å². The number of carbonyl (C=O) groups excluding carboxylic acids is 1. The lowest BCUT2D eigenvalue weighted by Gasteiger charge is -2.33. The molecule has 150 valence electrons. The largest absolute Gasteiger partial charge is 0.465 e. The summed E-state index contributed by atoms with van der Waals surface area (Å²) in [6.45, 7) is 5.85. The number of rotatable bonds is 3. The van der Waals surface area contributed by atoms with E-state index in [2.05, 4.69) is 9.71 Å². The number of amidine groups is 1. The number of aryl methyl sites for hydroxylation is 1. The van der Waals surface area contributed by atoms with Crippen LogP contribution in [0.5, 0.6) is 0 Å². The summed E-state index contributed by atoms with van der Waals surface area (Å²) in [6.07, 6.45) is 3.68. The Labute approximate surface area is 166 Å². The average molecular weight is 385 g/mol. The predicted octanol–water partition coefficient (Wildman–Crippen LogP) is 2.03. The zero-order valence-corrected chi connectivity index (χ0v) is 16.7. The smallest absolute Gasteiger partial charge is 0.376 e. The number of nitrogens with zero attached hydrogens (tertiary/aromatic N) is 3. The standard InChI is InChI=1S/C20H28BN3O4/c1-21(26)24-7-3-4-17(24)16-13-15(20(25)27-2)12-14-5-6-18(22-19(14)16)23-8-10-28-11-9-23/h12-13,17,26H,3-11H2,1-2H3. The van der Waals surface area contributed by atoms with Crippen LogP contribution in [0, 0.1) is 0 Å². The monoisotopic (exact) mass is 385 g/mol. The van der Waals surface area contributed by atoms with E-state index in [4.69, 9.17) is 14.5 Å². The number of benzene rings is 1. The van der Waals surface area contributed by atoms with Crippen LogP contribution in [0.4, 0.5) is 5.69 Å². The maximum atomic E-state index is 12.3. The first kappa shape index (κ1) is 19.4. The Morgan fingerprint density at radius 1 is 1.29 bits per heavy atom. The van der Waals surface area contributed by atoms with Crippen LogP contribution in [-0.4, -0.2) is 73.5 Å². The molecule has 1 N–H and O–H groups in total. The van der Waals surface area contributed by atoms with Gasteiger partial charge in [0.05, 0.1) is 31.6 Å². The first-order chi connectivity index (χ1) is 13.6. The van der Waals surface area contributed by atoms with Crippen LogP contribution in [0.2, 0.25) is 6.82 Å². The topological polar surface area (TPSA) is 74.6 Å². The van der Waals surface area contributed by atoms with Crippen molar-refractivity contribution in [1.82, 2.24) is 9.71 Å². The van der Waals surface area contributed by atoms with Gasteiger partial charge in [0.1, 0.15) is 5.84 Å². The first-order valence-electron chi connectivity index (χ1n) is 10.2. The molecule has 0 aromatic heterocycles. The quantitative estimate of drug-likeness (QED) is 0.634. The van der Waals surface area contributed by atoms with Crippen molar-refractivity contribution < 1.29 is 19.3 Å². The molecule has 3 heterocycles. The van der Waals surface area contributed by atoms with Crippen LogP contribution >= 0.6 is 0 Å². The molecule has 0 saturated carbocycles. The van der Waals surface area contributed by atoms with Crippen LogP contribution in [-0.2, 0) is 15.9 Å². The number of ether oxygens (including phenoxy) is 2. The third-order valence-electron chi connectivity index (χ3n) is 6.01. The van der Waals surface area contributed by atoms with E-state index in [1.807, 2.05) is 12.1 Å². The van der Waals surface area contributed by atoms with Gasteiger partial charge in [0, 0.05) is 25.6 Å². The molecule has 4 rings (SSSR count). The minimum atomic E-state index is -0.531. The number of carbonyl (C=O) groups is 1. The molecule has 1 unspecified atom stereocenters. The Bertz CT molecular complexity index is 777. The zero-order valence-electron chi connectivity index (χ0n) is 16.7. The molecule has 0 spiro atoms. The summed E-state index contributed by atoms with van der Waals surface area (Å²) in [5.41, 5.74) is 3.66. The molecule has 2 saturated heterocycles. The van der Waals surface area contributed by atoms with E-state index >= 15 is 0 Å². The Hall–Kier alpha value is -1.90. The Morgan fingerprint density at radius 2 is 2.07 bits per heavy atom. The van der Waals surface area contributed by atoms with Crippen molar-refractivity contribution in [2.24, 2.45) is 4.99 Å². The molecule has 3 aliphatic rings. The highest BCUT2D eigenvalue weighted by Gasteiger charge is 2.34. The molecule has 28 heavy (non-hydrogen) atoms.